The van der Waals surface area contributed by atoms with Crippen molar-refractivity contribution in [2.45, 2.75) is 66.2 Å². The molecule has 104 heavy (non-hydrogen) atoms. The molecule has 0 aliphatic rings. The highest BCUT2D eigenvalue weighted by Crippen LogP contribution is 2.27. The first-order valence-electron chi connectivity index (χ1n) is 31.5. The van der Waals surface area contributed by atoms with Crippen LogP contribution in [0.2, 0.25) is 0 Å². The van der Waals surface area contributed by atoms with Crippen molar-refractivity contribution < 1.29 is 144 Å². The molecule has 8 rings (SSSR count). The van der Waals surface area contributed by atoms with Gasteiger partial charge in [-0.2, -0.15) is 0 Å². The average Bonchev–Trinajstić information content (AvgIpc) is 0.852. The Morgan fingerprint density at radius 3 is 0.615 bits per heavy atom. The fourth-order valence-electron chi connectivity index (χ4n) is 7.68. The van der Waals surface area contributed by atoms with Gasteiger partial charge in [-0.15, -0.1) is 0 Å². The van der Waals surface area contributed by atoms with Gasteiger partial charge in [-0.3, -0.25) is 0 Å². The van der Waals surface area contributed by atoms with Crippen LogP contribution in [-0.2, 0) is 48.3 Å². The van der Waals surface area contributed by atoms with Crippen LogP contribution in [-0.4, -0.2) is 99.2 Å². The molecule has 8 aromatic rings. The van der Waals surface area contributed by atoms with Crippen molar-refractivity contribution in [3.05, 3.63) is 240 Å². The van der Waals surface area contributed by atoms with E-state index in [0.717, 1.165) is 12.8 Å². The minimum atomic E-state index is -1.14. The number of rotatable bonds is 24. The summed E-state index contributed by atoms with van der Waals surface area (Å²) in [7, 11) is 0. The van der Waals surface area contributed by atoms with E-state index in [2.05, 4.69) is 29.3 Å². The molecule has 0 fully saturated rings. The first kappa shape index (κ1) is 79.2. The highest BCUT2D eigenvalue weighted by atomic mass is 17.2. The second-order valence-corrected chi connectivity index (χ2v) is 20.2. The third-order valence-corrected chi connectivity index (χ3v) is 12.6. The summed E-state index contributed by atoms with van der Waals surface area (Å²) in [5.41, 5.74) is -1.15. The Labute approximate surface area is 592 Å². The number of para-hydroxylation sites is 8. The third-order valence-electron chi connectivity index (χ3n) is 12.6. The lowest BCUT2D eigenvalue weighted by molar-refractivity contribution is -0.187. The summed E-state index contributed by atoms with van der Waals surface area (Å²) < 4.78 is 59.7. The smallest absolute Gasteiger partial charge is 0.434 e. The molecule has 542 valence electrons. The number of hydrogen-bond acceptors (Lipinski definition) is 30. The summed E-state index contributed by atoms with van der Waals surface area (Å²) in [5, 5.41) is 0. The molecule has 0 bridgehead atoms. The van der Waals surface area contributed by atoms with E-state index < -0.39 is 72.7 Å². The summed E-state index contributed by atoms with van der Waals surface area (Å²) >= 11 is 0. The second kappa shape index (κ2) is 43.6. The van der Waals surface area contributed by atoms with E-state index in [4.69, 9.17) is 56.8 Å². The van der Waals surface area contributed by atoms with E-state index in [0.29, 0.717) is 25.7 Å². The number of unbranched alkanes of at least 4 members (excludes halogenated alkanes) is 2. The molecule has 30 nitrogen and oxygen atoms in total. The molecule has 0 aliphatic carbocycles. The van der Waals surface area contributed by atoms with E-state index >= 15 is 0 Å². The van der Waals surface area contributed by atoms with Gasteiger partial charge in [0, 0.05) is 0 Å². The van der Waals surface area contributed by atoms with Gasteiger partial charge in [0.1, 0.15) is 79.4 Å². The largest absolute Gasteiger partial charge is 0.519 e. The molecule has 0 aliphatic heterocycles. The Morgan fingerprint density at radius 2 is 0.404 bits per heavy atom. The van der Waals surface area contributed by atoms with Gasteiger partial charge in [0.25, 0.3) is 0 Å². The molecule has 0 amide bonds. The predicted octanol–water partition coefficient (Wildman–Crippen LogP) is 15.5. The standard InChI is InChI=1S/C28H18O10.C24H26O10.C22H22O10/c29-25(21-15-7-9-17-23(21)35-27(31)33-19-11-3-1-4-12-19)37-38-26(30)22-16-8-10-18-24(22)36-28(32)34-20-13-5-2-6-14-20;1-3-5-15-29-23(27)31-19-13-9-7-11-17(19)21(25)33-34-22(26)18-12-8-10-14-20(18)32-24(28)30-16-6-4-2;1-3-13-27-21(25)29-17-11-7-5-9-15(17)19(23)31-32-20(24)16-10-6-8-12-18(16)30-22(26)28-14-4-2/h1-18H;7-14H,3-6,15-16H2,1-2H3;5-12H,3-4,13-14H2,1-2H3. The van der Waals surface area contributed by atoms with Crippen LogP contribution < -0.4 is 37.9 Å². The molecule has 8 aromatic carbocycles. The molecular formula is C74H66O30. The van der Waals surface area contributed by atoms with Gasteiger partial charge in [-0.25, -0.2) is 86.9 Å². The highest BCUT2D eigenvalue weighted by Gasteiger charge is 2.27. The van der Waals surface area contributed by atoms with Gasteiger partial charge in [-0.1, -0.05) is 150 Å². The zero-order valence-electron chi connectivity index (χ0n) is 55.9. The molecule has 0 saturated carbocycles. The quantitative estimate of drug-likeness (QED) is 0.0135. The van der Waals surface area contributed by atoms with Crippen molar-refractivity contribution in [2.24, 2.45) is 0 Å². The molecule has 0 unspecified atom stereocenters. The van der Waals surface area contributed by atoms with Crippen LogP contribution in [0.25, 0.3) is 0 Å². The van der Waals surface area contributed by atoms with Gasteiger partial charge in [0.05, 0.1) is 26.4 Å². The number of carbonyl (C=O) groups excluding carboxylic acids is 12. The average molecular weight is 1440 g/mol. The fourth-order valence-corrected chi connectivity index (χ4v) is 7.68. The Kier molecular flexibility index (Phi) is 33.2. The number of hydrogen-bond donors (Lipinski definition) is 0. The summed E-state index contributed by atoms with van der Waals surface area (Å²) in [4.78, 5) is 173. The molecule has 0 spiro atoms. The van der Waals surface area contributed by atoms with Gasteiger partial charge in [0.2, 0.25) is 0 Å². The van der Waals surface area contributed by atoms with Crippen molar-refractivity contribution >= 4 is 72.7 Å². The van der Waals surface area contributed by atoms with Crippen molar-refractivity contribution in [1.29, 1.82) is 0 Å². The molecule has 0 radical (unpaired) electrons. The highest BCUT2D eigenvalue weighted by molar-refractivity contribution is 5.98. The van der Waals surface area contributed by atoms with Crippen LogP contribution >= 0.6 is 0 Å². The van der Waals surface area contributed by atoms with Crippen LogP contribution in [0.3, 0.4) is 0 Å². The number of benzene rings is 8. The monoisotopic (exact) mass is 1430 g/mol. The molecule has 0 aromatic heterocycles. The van der Waals surface area contributed by atoms with Gasteiger partial charge in [-0.05, 0) is 123 Å². The lowest BCUT2D eigenvalue weighted by Gasteiger charge is -2.10. The Bertz CT molecular complexity index is 3940. The minimum Gasteiger partial charge on any atom is -0.434 e. The topological polar surface area (TPSA) is 371 Å². The minimum absolute atomic E-state index is 0.136. The van der Waals surface area contributed by atoms with Crippen molar-refractivity contribution in [2.75, 3.05) is 26.4 Å². The van der Waals surface area contributed by atoms with Crippen LogP contribution in [0, 0.1) is 0 Å². The maximum atomic E-state index is 12.6. The van der Waals surface area contributed by atoms with Gasteiger partial charge < -0.3 is 56.8 Å². The third kappa shape index (κ3) is 27.1. The van der Waals surface area contributed by atoms with Crippen LogP contribution in [0.15, 0.2) is 206 Å². The molecule has 30 heteroatoms. The van der Waals surface area contributed by atoms with Crippen LogP contribution in [0.5, 0.6) is 46.0 Å². The predicted molar refractivity (Wildman–Crippen MR) is 356 cm³/mol. The van der Waals surface area contributed by atoms with Gasteiger partial charge >= 0.3 is 72.7 Å². The van der Waals surface area contributed by atoms with E-state index in [9.17, 15) is 57.5 Å². The van der Waals surface area contributed by atoms with Crippen LogP contribution in [0.1, 0.15) is 128 Å². The lowest BCUT2D eigenvalue weighted by atomic mass is 10.2. The fraction of sp³-hybridized carbons (Fsp3) is 0.189. The first-order valence-corrected chi connectivity index (χ1v) is 31.5. The molecule has 0 N–H and O–H groups in total. The Morgan fingerprint density at radius 1 is 0.212 bits per heavy atom. The SMILES string of the molecule is CCCCOC(=O)Oc1ccccc1C(=O)OOC(=O)c1ccccc1OC(=O)OCCCC.CCCOC(=O)Oc1ccccc1C(=O)OOC(=O)c1ccccc1OC(=O)OCCC.O=C(Oc1ccccc1)Oc1ccccc1C(=O)OOC(=O)c1ccccc1OC(=O)Oc1ccccc1. The Hall–Kier alpha value is -13.8. The van der Waals surface area contributed by atoms with E-state index in [1.165, 1.54) is 146 Å². The second-order valence-electron chi connectivity index (χ2n) is 20.2. The number of ether oxygens (including phenoxy) is 12. The molecular weight excluding hydrogens is 1370 g/mol. The maximum absolute atomic E-state index is 12.6. The van der Waals surface area contributed by atoms with E-state index in [1.807, 2.05) is 27.7 Å². The van der Waals surface area contributed by atoms with E-state index in [-0.39, 0.29) is 106 Å². The molecule has 0 saturated heterocycles. The zero-order valence-corrected chi connectivity index (χ0v) is 55.9. The van der Waals surface area contributed by atoms with Gasteiger partial charge in [0.15, 0.2) is 0 Å². The van der Waals surface area contributed by atoms with Crippen molar-refractivity contribution in [3.63, 3.8) is 0 Å². The van der Waals surface area contributed by atoms with Crippen LogP contribution in [0.4, 0.5) is 28.8 Å². The zero-order chi connectivity index (χ0) is 74.9. The summed E-state index contributed by atoms with van der Waals surface area (Å²) in [6.45, 7) is 8.14. The molecule has 0 heterocycles. The Balaban J connectivity index is 0.000000246. The first-order chi connectivity index (χ1) is 50.4. The summed E-state index contributed by atoms with van der Waals surface area (Å²) in [6.07, 6.45) is -1.98. The maximum Gasteiger partial charge on any atom is 0.519 e. The van der Waals surface area contributed by atoms with E-state index in [1.54, 1.807) is 60.7 Å². The lowest BCUT2D eigenvalue weighted by Crippen LogP contribution is -2.18. The van der Waals surface area contributed by atoms with Crippen molar-refractivity contribution in [1.82, 2.24) is 0 Å². The molecule has 0 atom stereocenters. The summed E-state index contributed by atoms with van der Waals surface area (Å²) in [6, 6.07) is 50.3. The number of carbonyl (C=O) groups is 12. The normalized spacial score (nSPS) is 10.0. The van der Waals surface area contributed by atoms with Crippen molar-refractivity contribution in [3.8, 4) is 46.0 Å². The summed E-state index contributed by atoms with van der Waals surface area (Å²) in [5.74, 6) is -7.13.